The predicted octanol–water partition coefficient (Wildman–Crippen LogP) is 0.258. The van der Waals surface area contributed by atoms with Gasteiger partial charge in [0.1, 0.15) is 0 Å². The molecule has 0 aliphatic carbocycles. The molecule has 8 nitrogen and oxygen atoms in total. The Labute approximate surface area is 115 Å². The molecule has 1 rings (SSSR count). The molecule has 0 aliphatic heterocycles. The Balaban J connectivity index is 2.33. The zero-order chi connectivity index (χ0) is 15.0. The van der Waals surface area contributed by atoms with Crippen LogP contribution in [0.1, 0.15) is 30.8 Å². The largest absolute Gasteiger partial charge is 0.451 e. The Hall–Kier alpha value is -2.51. The summed E-state index contributed by atoms with van der Waals surface area (Å²) in [6.07, 6.45) is 4.69. The second kappa shape index (κ2) is 7.82. The number of carbonyl (C=O) groups excluding carboxylic acids is 3. The van der Waals surface area contributed by atoms with Crippen molar-refractivity contribution >= 4 is 17.9 Å². The summed E-state index contributed by atoms with van der Waals surface area (Å²) in [5, 5.41) is 4.60. The summed E-state index contributed by atoms with van der Waals surface area (Å²) in [6, 6.07) is -0.676. The summed E-state index contributed by atoms with van der Waals surface area (Å²) in [7, 11) is 0. The van der Waals surface area contributed by atoms with E-state index >= 15 is 0 Å². The van der Waals surface area contributed by atoms with Crippen LogP contribution >= 0.6 is 0 Å². The summed E-state index contributed by atoms with van der Waals surface area (Å²) in [5.74, 6) is -1.50. The van der Waals surface area contributed by atoms with E-state index in [0.717, 1.165) is 6.42 Å². The van der Waals surface area contributed by atoms with Crippen LogP contribution in [0.15, 0.2) is 18.6 Å². The fourth-order valence-corrected chi connectivity index (χ4v) is 1.13. The number of aromatic nitrogens is 2. The maximum absolute atomic E-state index is 11.5. The number of ether oxygens (including phenoxy) is 1. The molecule has 0 aromatic carbocycles. The lowest BCUT2D eigenvalue weighted by Crippen LogP contribution is -2.44. The van der Waals surface area contributed by atoms with Crippen molar-refractivity contribution in [2.45, 2.75) is 26.3 Å². The summed E-state index contributed by atoms with van der Waals surface area (Å²) in [4.78, 5) is 41.6. The van der Waals surface area contributed by atoms with Gasteiger partial charge in [-0.25, -0.2) is 14.6 Å². The van der Waals surface area contributed by atoms with E-state index < -0.39 is 24.5 Å². The number of nitrogens with zero attached hydrogens (tertiary/aromatic N) is 2. The monoisotopic (exact) mass is 280 g/mol. The molecule has 1 aromatic heterocycles. The number of amides is 3. The zero-order valence-electron chi connectivity index (χ0n) is 11.3. The molecule has 3 amide bonds. The molecule has 0 saturated heterocycles. The Morgan fingerprint density at radius 2 is 2.10 bits per heavy atom. The van der Waals surface area contributed by atoms with Gasteiger partial charge in [-0.2, -0.15) is 0 Å². The van der Waals surface area contributed by atoms with Crippen LogP contribution in [0.25, 0.3) is 0 Å². The number of nitrogens with one attached hydrogen (secondary N) is 2. The van der Waals surface area contributed by atoms with E-state index in [1.54, 1.807) is 6.92 Å². The second-order valence-electron chi connectivity index (χ2n) is 4.00. The topological polar surface area (TPSA) is 110 Å². The summed E-state index contributed by atoms with van der Waals surface area (Å²) >= 11 is 0. The van der Waals surface area contributed by atoms with E-state index in [1.165, 1.54) is 18.6 Å². The van der Waals surface area contributed by atoms with Crippen molar-refractivity contribution in [1.29, 1.82) is 0 Å². The quantitative estimate of drug-likeness (QED) is 0.748. The predicted molar refractivity (Wildman–Crippen MR) is 68.7 cm³/mol. The van der Waals surface area contributed by atoms with Crippen LogP contribution in [0.4, 0.5) is 4.79 Å². The van der Waals surface area contributed by atoms with Crippen molar-refractivity contribution in [3.8, 4) is 0 Å². The van der Waals surface area contributed by atoms with Gasteiger partial charge in [0.2, 0.25) is 0 Å². The molecule has 20 heavy (non-hydrogen) atoms. The molecule has 0 bridgehead atoms. The van der Waals surface area contributed by atoms with Gasteiger partial charge in [-0.3, -0.25) is 15.1 Å². The van der Waals surface area contributed by atoms with Crippen LogP contribution < -0.4 is 10.6 Å². The molecular formula is C12H16N4O4. The number of hydrogen-bond donors (Lipinski definition) is 2. The molecule has 0 fully saturated rings. The van der Waals surface area contributed by atoms with Crippen molar-refractivity contribution < 1.29 is 19.1 Å². The van der Waals surface area contributed by atoms with E-state index in [1.807, 2.05) is 12.2 Å². The highest BCUT2D eigenvalue weighted by Gasteiger charge is 2.14. The highest BCUT2D eigenvalue weighted by atomic mass is 16.5. The Morgan fingerprint density at radius 1 is 1.35 bits per heavy atom. The Bertz CT molecular complexity index is 478. The van der Waals surface area contributed by atoms with Crippen molar-refractivity contribution in [1.82, 2.24) is 20.6 Å². The number of esters is 1. The van der Waals surface area contributed by atoms with Crippen LogP contribution in [-0.4, -0.2) is 40.5 Å². The number of carbonyl (C=O) groups is 3. The van der Waals surface area contributed by atoms with Gasteiger partial charge in [-0.1, -0.05) is 6.92 Å². The molecule has 108 valence electrons. The third-order valence-electron chi connectivity index (χ3n) is 2.35. The minimum absolute atomic E-state index is 0.00985. The average Bonchev–Trinajstić information content (AvgIpc) is 2.45. The molecule has 0 saturated carbocycles. The molecule has 8 heteroatoms. The molecule has 0 radical (unpaired) electrons. The molecule has 1 atom stereocenters. The normalized spacial score (nSPS) is 11.3. The van der Waals surface area contributed by atoms with Crippen LogP contribution in [-0.2, 0) is 9.53 Å². The SMILES string of the molecule is CC[C@H](C)NC(=O)NC(=O)COC(=O)c1cnccn1. The first kappa shape index (κ1) is 15.5. The van der Waals surface area contributed by atoms with Crippen molar-refractivity contribution in [2.75, 3.05) is 6.61 Å². The van der Waals surface area contributed by atoms with Crippen LogP contribution in [0.5, 0.6) is 0 Å². The van der Waals surface area contributed by atoms with Gasteiger partial charge in [0.05, 0.1) is 6.20 Å². The maximum atomic E-state index is 11.5. The smallest absolute Gasteiger partial charge is 0.359 e. The van der Waals surface area contributed by atoms with Gasteiger partial charge in [0, 0.05) is 18.4 Å². The summed E-state index contributed by atoms with van der Waals surface area (Å²) < 4.78 is 4.69. The number of hydrogen-bond acceptors (Lipinski definition) is 6. The molecule has 2 N–H and O–H groups in total. The first-order valence-electron chi connectivity index (χ1n) is 6.06. The van der Waals surface area contributed by atoms with E-state index in [-0.39, 0.29) is 11.7 Å². The zero-order valence-corrected chi connectivity index (χ0v) is 11.3. The van der Waals surface area contributed by atoms with E-state index in [9.17, 15) is 14.4 Å². The lowest BCUT2D eigenvalue weighted by Gasteiger charge is -2.11. The van der Waals surface area contributed by atoms with E-state index in [4.69, 9.17) is 0 Å². The van der Waals surface area contributed by atoms with Gasteiger partial charge < -0.3 is 10.1 Å². The third-order valence-corrected chi connectivity index (χ3v) is 2.35. The van der Waals surface area contributed by atoms with Gasteiger partial charge in [0.15, 0.2) is 12.3 Å². The number of imide groups is 1. The maximum Gasteiger partial charge on any atom is 0.359 e. The fourth-order valence-electron chi connectivity index (χ4n) is 1.13. The molecule has 1 heterocycles. The van der Waals surface area contributed by atoms with Gasteiger partial charge in [-0.15, -0.1) is 0 Å². The van der Waals surface area contributed by atoms with E-state index in [2.05, 4.69) is 20.0 Å². The molecule has 0 unspecified atom stereocenters. The highest BCUT2D eigenvalue weighted by molar-refractivity contribution is 5.96. The molecule has 0 aliphatic rings. The second-order valence-corrected chi connectivity index (χ2v) is 4.00. The first-order chi connectivity index (χ1) is 9.52. The lowest BCUT2D eigenvalue weighted by atomic mass is 10.3. The van der Waals surface area contributed by atoms with Crippen LogP contribution in [0, 0.1) is 0 Å². The van der Waals surface area contributed by atoms with Gasteiger partial charge >= 0.3 is 12.0 Å². The third kappa shape index (κ3) is 5.42. The Morgan fingerprint density at radius 3 is 2.70 bits per heavy atom. The minimum Gasteiger partial charge on any atom is -0.451 e. The van der Waals surface area contributed by atoms with Crippen LogP contribution in [0.3, 0.4) is 0 Å². The molecular weight excluding hydrogens is 264 g/mol. The number of rotatable bonds is 5. The van der Waals surface area contributed by atoms with E-state index in [0.29, 0.717) is 0 Å². The lowest BCUT2D eigenvalue weighted by molar-refractivity contribution is -0.123. The summed E-state index contributed by atoms with van der Waals surface area (Å²) in [6.45, 7) is 3.14. The van der Waals surface area contributed by atoms with Crippen molar-refractivity contribution in [3.05, 3.63) is 24.3 Å². The van der Waals surface area contributed by atoms with Crippen molar-refractivity contribution in [2.24, 2.45) is 0 Å². The molecule has 1 aromatic rings. The standard InChI is InChI=1S/C12H16N4O4/c1-3-8(2)15-12(19)16-10(17)7-20-11(18)9-6-13-4-5-14-9/h4-6,8H,3,7H2,1-2H3,(H2,15,16,17,19)/t8-/m0/s1. The molecule has 0 spiro atoms. The van der Waals surface area contributed by atoms with Gasteiger partial charge in [-0.05, 0) is 13.3 Å². The first-order valence-corrected chi connectivity index (χ1v) is 6.06. The minimum atomic E-state index is -0.782. The summed E-state index contributed by atoms with van der Waals surface area (Å²) in [5.41, 5.74) is -0.00985. The van der Waals surface area contributed by atoms with Gasteiger partial charge in [0.25, 0.3) is 5.91 Å². The highest BCUT2D eigenvalue weighted by Crippen LogP contribution is 1.94. The number of urea groups is 1. The fraction of sp³-hybridized carbons (Fsp3) is 0.417. The average molecular weight is 280 g/mol. The Kier molecular flexibility index (Phi) is 6.08. The van der Waals surface area contributed by atoms with Crippen molar-refractivity contribution in [3.63, 3.8) is 0 Å². The van der Waals surface area contributed by atoms with Crippen LogP contribution in [0.2, 0.25) is 0 Å².